The van der Waals surface area contributed by atoms with E-state index in [1.165, 1.54) is 12.1 Å². The normalized spacial score (nSPS) is 11.6. The number of hydrogen-bond donors (Lipinski definition) is 2. The van der Waals surface area contributed by atoms with Gasteiger partial charge >= 0.3 is 5.97 Å². The van der Waals surface area contributed by atoms with E-state index in [1.807, 2.05) is 0 Å². The van der Waals surface area contributed by atoms with Crippen LogP contribution in [0.1, 0.15) is 21.7 Å². The van der Waals surface area contributed by atoms with E-state index in [9.17, 15) is 13.2 Å². The molecule has 0 unspecified atom stereocenters. The van der Waals surface area contributed by atoms with E-state index in [-0.39, 0.29) is 10.5 Å². The smallest absolute Gasteiger partial charge is 0.337 e. The molecule has 0 saturated carbocycles. The third-order valence-corrected chi connectivity index (χ3v) is 4.01. The molecule has 106 valence electrons. The van der Waals surface area contributed by atoms with E-state index in [0.717, 1.165) is 5.69 Å². The second-order valence-corrected chi connectivity index (χ2v) is 6.03. The molecule has 0 aliphatic rings. The van der Waals surface area contributed by atoms with E-state index < -0.39 is 16.0 Å². The molecule has 0 amide bonds. The van der Waals surface area contributed by atoms with Gasteiger partial charge in [-0.3, -0.25) is 0 Å². The van der Waals surface area contributed by atoms with Gasteiger partial charge in [-0.1, -0.05) is 0 Å². The maximum atomic E-state index is 11.2. The van der Waals surface area contributed by atoms with Crippen LogP contribution in [0.2, 0.25) is 0 Å². The standard InChI is InChI=1S/C13H14N2O4S/c1-8-7-12(13(16)17)9(2)15(8)10-3-5-11(6-4-10)20(14,18)19/h3-7H,1-2H3,(H,16,17)(H2,14,18,19). The van der Waals surface area contributed by atoms with Gasteiger partial charge in [0.1, 0.15) is 0 Å². The number of carbonyl (C=O) groups is 1. The van der Waals surface area contributed by atoms with E-state index in [4.69, 9.17) is 10.2 Å². The van der Waals surface area contributed by atoms with Crippen LogP contribution in [0.3, 0.4) is 0 Å². The monoisotopic (exact) mass is 294 g/mol. The van der Waals surface area contributed by atoms with Crippen LogP contribution >= 0.6 is 0 Å². The number of carboxylic acid groups (broad SMARTS) is 1. The highest BCUT2D eigenvalue weighted by Gasteiger charge is 2.16. The van der Waals surface area contributed by atoms with Gasteiger partial charge in [0.15, 0.2) is 0 Å². The lowest BCUT2D eigenvalue weighted by atomic mass is 10.2. The minimum atomic E-state index is -3.73. The Bertz CT molecular complexity index is 773. The van der Waals surface area contributed by atoms with Crippen LogP contribution in [0.15, 0.2) is 35.2 Å². The van der Waals surface area contributed by atoms with Gasteiger partial charge in [-0.25, -0.2) is 18.4 Å². The molecule has 6 nitrogen and oxygen atoms in total. The number of nitrogens with zero attached hydrogens (tertiary/aromatic N) is 1. The van der Waals surface area contributed by atoms with E-state index >= 15 is 0 Å². The molecule has 0 bridgehead atoms. The molecular weight excluding hydrogens is 280 g/mol. The van der Waals surface area contributed by atoms with E-state index in [1.54, 1.807) is 36.6 Å². The first-order valence-corrected chi connectivity index (χ1v) is 7.32. The third-order valence-electron chi connectivity index (χ3n) is 3.08. The summed E-state index contributed by atoms with van der Waals surface area (Å²) < 4.78 is 24.1. The first-order valence-electron chi connectivity index (χ1n) is 5.77. The average molecular weight is 294 g/mol. The predicted octanol–water partition coefficient (Wildman–Crippen LogP) is 1.44. The maximum Gasteiger partial charge on any atom is 0.337 e. The summed E-state index contributed by atoms with van der Waals surface area (Å²) in [4.78, 5) is 11.1. The molecule has 0 saturated heterocycles. The Morgan fingerprint density at radius 1 is 1.20 bits per heavy atom. The molecule has 1 aromatic heterocycles. The van der Waals surface area contributed by atoms with Gasteiger partial charge in [-0.05, 0) is 44.2 Å². The summed E-state index contributed by atoms with van der Waals surface area (Å²) in [5, 5.41) is 14.1. The lowest BCUT2D eigenvalue weighted by molar-refractivity contribution is 0.0696. The molecule has 0 atom stereocenters. The summed E-state index contributed by atoms with van der Waals surface area (Å²) in [7, 11) is -3.73. The van der Waals surface area contributed by atoms with Crippen molar-refractivity contribution < 1.29 is 18.3 Å². The number of hydrogen-bond acceptors (Lipinski definition) is 3. The molecule has 0 radical (unpaired) electrons. The van der Waals surface area contributed by atoms with Crippen molar-refractivity contribution >= 4 is 16.0 Å². The van der Waals surface area contributed by atoms with Crippen molar-refractivity contribution in [1.29, 1.82) is 0 Å². The van der Waals surface area contributed by atoms with Gasteiger partial charge in [0.25, 0.3) is 0 Å². The Morgan fingerprint density at radius 3 is 2.15 bits per heavy atom. The number of aryl methyl sites for hydroxylation is 1. The van der Waals surface area contributed by atoms with E-state index in [2.05, 4.69) is 0 Å². The summed E-state index contributed by atoms with van der Waals surface area (Å²) in [6, 6.07) is 7.54. The Labute approximate surface area is 116 Å². The molecule has 1 aromatic carbocycles. The summed E-state index contributed by atoms with van der Waals surface area (Å²) in [6.45, 7) is 3.48. The SMILES string of the molecule is Cc1cc(C(=O)O)c(C)n1-c1ccc(S(N)(=O)=O)cc1. The van der Waals surface area contributed by atoms with Crippen LogP contribution in [-0.4, -0.2) is 24.1 Å². The molecule has 2 rings (SSSR count). The van der Waals surface area contributed by atoms with Gasteiger partial charge in [-0.15, -0.1) is 0 Å². The first-order chi connectivity index (χ1) is 9.21. The van der Waals surface area contributed by atoms with Crippen molar-refractivity contribution in [1.82, 2.24) is 4.57 Å². The van der Waals surface area contributed by atoms with Crippen molar-refractivity contribution in [2.75, 3.05) is 0 Å². The van der Waals surface area contributed by atoms with E-state index in [0.29, 0.717) is 11.4 Å². The molecule has 20 heavy (non-hydrogen) atoms. The third kappa shape index (κ3) is 2.45. The van der Waals surface area contributed by atoms with Crippen molar-refractivity contribution in [3.63, 3.8) is 0 Å². The summed E-state index contributed by atoms with van der Waals surface area (Å²) in [5.41, 5.74) is 2.24. The lowest BCUT2D eigenvalue weighted by Gasteiger charge is -2.10. The van der Waals surface area contributed by atoms with Gasteiger partial charge in [0.05, 0.1) is 10.5 Å². The van der Waals surface area contributed by atoms with Gasteiger partial charge in [0.2, 0.25) is 10.0 Å². The number of sulfonamides is 1. The van der Waals surface area contributed by atoms with Crippen LogP contribution in [0.4, 0.5) is 0 Å². The second-order valence-electron chi connectivity index (χ2n) is 4.46. The van der Waals surface area contributed by atoms with Crippen molar-refractivity contribution in [3.8, 4) is 5.69 Å². The Hall–Kier alpha value is -2.12. The van der Waals surface area contributed by atoms with Crippen molar-refractivity contribution in [2.45, 2.75) is 18.7 Å². The number of rotatable bonds is 3. The topological polar surface area (TPSA) is 102 Å². The van der Waals surface area contributed by atoms with Crippen LogP contribution in [0, 0.1) is 13.8 Å². The Morgan fingerprint density at radius 2 is 1.75 bits per heavy atom. The number of nitrogens with two attached hydrogens (primary N) is 1. The van der Waals surface area contributed by atoms with Crippen LogP contribution in [0.5, 0.6) is 0 Å². The number of aromatic carboxylic acids is 1. The van der Waals surface area contributed by atoms with Crippen molar-refractivity contribution in [2.24, 2.45) is 5.14 Å². The molecule has 1 heterocycles. The average Bonchev–Trinajstić information content (AvgIpc) is 2.64. The van der Waals surface area contributed by atoms with Gasteiger partial charge < -0.3 is 9.67 Å². The highest BCUT2D eigenvalue weighted by Crippen LogP contribution is 2.21. The number of benzene rings is 1. The molecule has 0 fully saturated rings. The summed E-state index contributed by atoms with van der Waals surface area (Å²) in [6.07, 6.45) is 0. The Kier molecular flexibility index (Phi) is 3.41. The second kappa shape index (κ2) is 4.77. The molecule has 0 spiro atoms. The minimum Gasteiger partial charge on any atom is -0.478 e. The van der Waals surface area contributed by atoms with Crippen LogP contribution in [-0.2, 0) is 10.0 Å². The van der Waals surface area contributed by atoms with Crippen LogP contribution < -0.4 is 5.14 Å². The lowest BCUT2D eigenvalue weighted by Crippen LogP contribution is -2.12. The number of primary sulfonamides is 1. The highest BCUT2D eigenvalue weighted by atomic mass is 32.2. The maximum absolute atomic E-state index is 11.2. The first kappa shape index (κ1) is 14.3. The number of carboxylic acids is 1. The highest BCUT2D eigenvalue weighted by molar-refractivity contribution is 7.89. The summed E-state index contributed by atoms with van der Waals surface area (Å²) in [5.74, 6) is -0.995. The zero-order chi connectivity index (χ0) is 15.1. The molecular formula is C13H14N2O4S. The van der Waals surface area contributed by atoms with Gasteiger partial charge in [-0.2, -0.15) is 0 Å². The molecule has 7 heteroatoms. The van der Waals surface area contributed by atoms with Crippen LogP contribution in [0.25, 0.3) is 5.69 Å². The quantitative estimate of drug-likeness (QED) is 0.894. The number of aromatic nitrogens is 1. The van der Waals surface area contributed by atoms with Crippen molar-refractivity contribution in [3.05, 3.63) is 47.3 Å². The zero-order valence-corrected chi connectivity index (χ0v) is 11.8. The molecule has 0 aliphatic heterocycles. The predicted molar refractivity (Wildman–Crippen MR) is 73.6 cm³/mol. The molecule has 2 aromatic rings. The zero-order valence-electron chi connectivity index (χ0n) is 11.0. The largest absolute Gasteiger partial charge is 0.478 e. The fraction of sp³-hybridized carbons (Fsp3) is 0.154. The van der Waals surface area contributed by atoms with Gasteiger partial charge in [0, 0.05) is 17.1 Å². The molecule has 3 N–H and O–H groups in total. The fourth-order valence-corrected chi connectivity index (χ4v) is 2.68. The fourth-order valence-electron chi connectivity index (χ4n) is 2.16. The molecule has 0 aliphatic carbocycles. The Balaban J connectivity index is 2.56. The summed E-state index contributed by atoms with van der Waals surface area (Å²) >= 11 is 0. The minimum absolute atomic E-state index is 0.0159.